The Balaban J connectivity index is 1.33. The molecule has 1 aliphatic rings. The van der Waals surface area contributed by atoms with Crippen LogP contribution in [0.5, 0.6) is 23.0 Å². The minimum Gasteiger partial charge on any atom is -0.494 e. The summed E-state index contributed by atoms with van der Waals surface area (Å²) in [7, 11) is 2.92. The Bertz CT molecular complexity index is 1190. The van der Waals surface area contributed by atoms with Gasteiger partial charge in [0.05, 0.1) is 38.8 Å². The van der Waals surface area contributed by atoms with Gasteiger partial charge in [0.2, 0.25) is 5.95 Å². The number of halogens is 2. The van der Waals surface area contributed by atoms with Gasteiger partial charge < -0.3 is 29.6 Å². The minimum absolute atomic E-state index is 0.0399. The highest BCUT2D eigenvalue weighted by molar-refractivity contribution is 5.59. The molecule has 1 aliphatic heterocycles. The van der Waals surface area contributed by atoms with E-state index in [1.807, 2.05) is 18.2 Å². The van der Waals surface area contributed by atoms with Crippen molar-refractivity contribution in [2.45, 2.75) is 32.8 Å². The summed E-state index contributed by atoms with van der Waals surface area (Å²) in [5.74, 6) is 1.05. The number of aromatic nitrogens is 2. The standard InChI is InChI=1S/C27H32F2N4O4/c1-17-12-24(35-3)26(29)21(25(17)28)16-37-20-14-31-27(32-15-20)33-19-4-5-22(23(13-19)34-2)36-11-8-18-6-9-30-10-7-18/h4-5,12-15,18,30H,6-11,16H2,1-3H3,(H,31,32,33). The van der Waals surface area contributed by atoms with Crippen LogP contribution < -0.4 is 29.6 Å². The maximum atomic E-state index is 14.5. The molecule has 0 amide bonds. The van der Waals surface area contributed by atoms with Gasteiger partial charge in [0, 0.05) is 11.8 Å². The Labute approximate surface area is 215 Å². The predicted octanol–water partition coefficient (Wildman–Crippen LogP) is 5.17. The van der Waals surface area contributed by atoms with E-state index in [9.17, 15) is 8.78 Å². The second-order valence-corrected chi connectivity index (χ2v) is 8.85. The monoisotopic (exact) mass is 514 g/mol. The molecule has 1 fully saturated rings. The zero-order chi connectivity index (χ0) is 26.2. The smallest absolute Gasteiger partial charge is 0.227 e. The van der Waals surface area contributed by atoms with Gasteiger partial charge in [-0.05, 0) is 69.0 Å². The molecule has 0 spiro atoms. The largest absolute Gasteiger partial charge is 0.494 e. The van der Waals surface area contributed by atoms with Crippen LogP contribution in [0.4, 0.5) is 20.4 Å². The number of anilines is 2. The molecule has 2 aromatic carbocycles. The zero-order valence-corrected chi connectivity index (χ0v) is 21.3. The van der Waals surface area contributed by atoms with Crippen LogP contribution in [-0.4, -0.2) is 43.9 Å². The number of rotatable bonds is 11. The highest BCUT2D eigenvalue weighted by atomic mass is 19.1. The van der Waals surface area contributed by atoms with Crippen LogP contribution in [-0.2, 0) is 6.61 Å². The van der Waals surface area contributed by atoms with E-state index in [4.69, 9.17) is 18.9 Å². The first-order valence-corrected chi connectivity index (χ1v) is 12.2. The van der Waals surface area contributed by atoms with Gasteiger partial charge in [0.1, 0.15) is 12.4 Å². The summed E-state index contributed by atoms with van der Waals surface area (Å²) in [6.45, 7) is 3.99. The minimum atomic E-state index is -0.794. The molecule has 8 nitrogen and oxygen atoms in total. The van der Waals surface area contributed by atoms with E-state index in [-0.39, 0.29) is 29.2 Å². The first-order valence-electron chi connectivity index (χ1n) is 12.2. The van der Waals surface area contributed by atoms with Crippen LogP contribution >= 0.6 is 0 Å². The van der Waals surface area contributed by atoms with Gasteiger partial charge in [0.25, 0.3) is 0 Å². The molecular weight excluding hydrogens is 482 g/mol. The molecule has 4 rings (SSSR count). The number of hydrogen-bond acceptors (Lipinski definition) is 8. The number of benzene rings is 2. The summed E-state index contributed by atoms with van der Waals surface area (Å²) in [5.41, 5.74) is 0.762. The van der Waals surface area contributed by atoms with Gasteiger partial charge in [-0.2, -0.15) is 0 Å². The summed E-state index contributed by atoms with van der Waals surface area (Å²) >= 11 is 0. The summed E-state index contributed by atoms with van der Waals surface area (Å²) in [6, 6.07) is 6.82. The molecule has 1 aromatic heterocycles. The highest BCUT2D eigenvalue weighted by Crippen LogP contribution is 2.32. The number of nitrogens with zero attached hydrogens (tertiary/aromatic N) is 2. The maximum Gasteiger partial charge on any atom is 0.227 e. The highest BCUT2D eigenvalue weighted by Gasteiger charge is 2.18. The van der Waals surface area contributed by atoms with Crippen molar-refractivity contribution in [2.75, 3.05) is 39.2 Å². The van der Waals surface area contributed by atoms with Gasteiger partial charge in [-0.15, -0.1) is 0 Å². The normalized spacial score (nSPS) is 13.8. The summed E-state index contributed by atoms with van der Waals surface area (Å²) in [5, 5.41) is 6.48. The first kappa shape index (κ1) is 26.4. The quantitative estimate of drug-likeness (QED) is 0.362. The van der Waals surface area contributed by atoms with Crippen molar-refractivity contribution in [3.8, 4) is 23.0 Å². The van der Waals surface area contributed by atoms with E-state index in [0.717, 1.165) is 19.5 Å². The third kappa shape index (κ3) is 6.76. The molecule has 0 atom stereocenters. The van der Waals surface area contributed by atoms with Gasteiger partial charge in [-0.25, -0.2) is 18.7 Å². The maximum absolute atomic E-state index is 14.5. The number of ether oxygens (including phenoxy) is 4. The fraction of sp³-hybridized carbons (Fsp3) is 0.407. The fourth-order valence-corrected chi connectivity index (χ4v) is 4.19. The Kier molecular flexibility index (Phi) is 8.95. The Morgan fingerprint density at radius 1 is 0.946 bits per heavy atom. The van der Waals surface area contributed by atoms with Crippen molar-refractivity contribution >= 4 is 11.6 Å². The Morgan fingerprint density at radius 2 is 1.68 bits per heavy atom. The lowest BCUT2D eigenvalue weighted by atomic mass is 9.95. The Morgan fingerprint density at radius 3 is 2.38 bits per heavy atom. The SMILES string of the molecule is COc1cc(Nc2ncc(OCc3c(F)c(C)cc(OC)c3F)cn2)ccc1OCCC1CCNCC1. The second-order valence-electron chi connectivity index (χ2n) is 8.85. The van der Waals surface area contributed by atoms with Crippen LogP contribution in [0.15, 0.2) is 36.7 Å². The first-order chi connectivity index (χ1) is 18.0. The van der Waals surface area contributed by atoms with Gasteiger partial charge in [-0.1, -0.05) is 0 Å². The van der Waals surface area contributed by atoms with Gasteiger partial charge in [0.15, 0.2) is 28.8 Å². The molecule has 0 bridgehead atoms. The molecule has 198 valence electrons. The average molecular weight is 515 g/mol. The van der Waals surface area contributed by atoms with E-state index >= 15 is 0 Å². The molecule has 37 heavy (non-hydrogen) atoms. The lowest BCUT2D eigenvalue weighted by Crippen LogP contribution is -2.28. The van der Waals surface area contributed by atoms with E-state index in [1.165, 1.54) is 45.3 Å². The van der Waals surface area contributed by atoms with E-state index in [1.54, 1.807) is 7.11 Å². The van der Waals surface area contributed by atoms with E-state index in [0.29, 0.717) is 35.7 Å². The zero-order valence-electron chi connectivity index (χ0n) is 21.3. The van der Waals surface area contributed by atoms with Crippen molar-refractivity contribution in [2.24, 2.45) is 5.92 Å². The van der Waals surface area contributed by atoms with Gasteiger partial charge >= 0.3 is 0 Å². The van der Waals surface area contributed by atoms with E-state index in [2.05, 4.69) is 20.6 Å². The molecule has 0 radical (unpaired) electrons. The van der Waals surface area contributed by atoms with Crippen LogP contribution in [0.1, 0.15) is 30.4 Å². The van der Waals surface area contributed by atoms with Crippen molar-refractivity contribution in [1.29, 1.82) is 0 Å². The number of nitrogens with one attached hydrogen (secondary N) is 2. The Hall–Kier alpha value is -3.66. The van der Waals surface area contributed by atoms with Crippen LogP contribution in [0, 0.1) is 24.5 Å². The third-order valence-electron chi connectivity index (χ3n) is 6.33. The van der Waals surface area contributed by atoms with Gasteiger partial charge in [-0.3, -0.25) is 0 Å². The molecule has 10 heteroatoms. The molecule has 1 saturated heterocycles. The molecule has 0 aliphatic carbocycles. The van der Waals surface area contributed by atoms with Crippen LogP contribution in [0.3, 0.4) is 0 Å². The lowest BCUT2D eigenvalue weighted by molar-refractivity contribution is 0.243. The molecule has 0 saturated carbocycles. The fourth-order valence-electron chi connectivity index (χ4n) is 4.19. The van der Waals surface area contributed by atoms with Crippen molar-refractivity contribution in [3.05, 3.63) is 59.4 Å². The predicted molar refractivity (Wildman–Crippen MR) is 136 cm³/mol. The summed E-state index contributed by atoms with van der Waals surface area (Å²) in [4.78, 5) is 8.45. The van der Waals surface area contributed by atoms with Crippen molar-refractivity contribution < 1.29 is 27.7 Å². The van der Waals surface area contributed by atoms with Crippen molar-refractivity contribution in [1.82, 2.24) is 15.3 Å². The molecule has 2 heterocycles. The third-order valence-corrected chi connectivity index (χ3v) is 6.33. The summed E-state index contributed by atoms with van der Waals surface area (Å²) < 4.78 is 50.8. The summed E-state index contributed by atoms with van der Waals surface area (Å²) in [6.07, 6.45) is 6.23. The lowest BCUT2D eigenvalue weighted by Gasteiger charge is -2.22. The number of hydrogen-bond donors (Lipinski definition) is 2. The van der Waals surface area contributed by atoms with Crippen molar-refractivity contribution in [3.63, 3.8) is 0 Å². The second kappa shape index (κ2) is 12.5. The number of piperidine rings is 1. The molecular formula is C27H32F2N4O4. The molecule has 3 aromatic rings. The van der Waals surface area contributed by atoms with Crippen LogP contribution in [0.2, 0.25) is 0 Å². The topological polar surface area (TPSA) is 86.8 Å². The van der Waals surface area contributed by atoms with E-state index < -0.39 is 11.6 Å². The molecule has 0 unspecified atom stereocenters. The number of methoxy groups -OCH3 is 2. The average Bonchev–Trinajstić information content (AvgIpc) is 2.92. The van der Waals surface area contributed by atoms with Crippen LogP contribution in [0.25, 0.3) is 0 Å². The molecule has 2 N–H and O–H groups in total. The number of aryl methyl sites for hydroxylation is 1.